The normalized spacial score (nSPS) is 24.0. The number of aryl methyl sites for hydroxylation is 3. The van der Waals surface area contributed by atoms with E-state index in [0.717, 1.165) is 38.9 Å². The third-order valence-electron chi connectivity index (χ3n) is 20.2. The van der Waals surface area contributed by atoms with E-state index in [1.54, 1.807) is 35.8 Å². The summed E-state index contributed by atoms with van der Waals surface area (Å²) in [4.78, 5) is 74.1. The van der Waals surface area contributed by atoms with Crippen molar-refractivity contribution in [1.29, 1.82) is 0 Å². The van der Waals surface area contributed by atoms with E-state index in [1.807, 2.05) is 19.9 Å². The number of halogens is 6. The monoisotopic (exact) mass is 1780 g/mol. The van der Waals surface area contributed by atoms with E-state index in [1.165, 1.54) is 102 Å². The van der Waals surface area contributed by atoms with Crippen LogP contribution < -0.4 is 31.4 Å². The molecule has 0 radical (unpaired) electrons. The first-order valence-corrected chi connectivity index (χ1v) is 44.2. The van der Waals surface area contributed by atoms with E-state index < -0.39 is 110 Å². The second-order valence-corrected chi connectivity index (χ2v) is 37.6. The number of aliphatic hydroxyl groups excluding tert-OH is 3. The molecule has 6 aliphatic rings. The minimum atomic E-state index is -4.14. The molecule has 12 atom stereocenters. The predicted octanol–water partition coefficient (Wildman–Crippen LogP) is 9.40. The van der Waals surface area contributed by atoms with Crippen LogP contribution in [-0.2, 0) is 75.9 Å². The summed E-state index contributed by atoms with van der Waals surface area (Å²) in [6.45, 7) is 3.98. The van der Waals surface area contributed by atoms with Crippen molar-refractivity contribution in [1.82, 2.24) is 34.9 Å². The number of alkyl halides is 4. The Morgan fingerprint density at radius 2 is 0.931 bits per heavy atom. The van der Waals surface area contributed by atoms with Gasteiger partial charge in [0.05, 0.1) is 86.8 Å². The van der Waals surface area contributed by atoms with E-state index in [4.69, 9.17) is 52.8 Å². The molecule has 3 saturated carbocycles. The van der Waals surface area contributed by atoms with Gasteiger partial charge < -0.3 is 45.5 Å². The smallest absolute Gasteiger partial charge is 0.333 e. The number of aromatic nitrogens is 7. The molecule has 3 fully saturated rings. The van der Waals surface area contributed by atoms with Gasteiger partial charge in [0, 0.05) is 102 Å². The lowest BCUT2D eigenvalue weighted by atomic mass is 9.91. The van der Waals surface area contributed by atoms with Crippen LogP contribution in [0.5, 0.6) is 0 Å². The molecule has 0 spiro atoms. The number of hydrogen-bond donors (Lipinski definition) is 9. The highest BCUT2D eigenvalue weighted by Crippen LogP contribution is 2.49. The van der Waals surface area contributed by atoms with Crippen LogP contribution in [-0.4, -0.2) is 169 Å². The molecule has 9 aromatic rings. The first-order valence-electron chi connectivity index (χ1n) is 35.7. The van der Waals surface area contributed by atoms with Crippen LogP contribution in [0.1, 0.15) is 167 Å². The van der Waals surface area contributed by atoms with E-state index >= 15 is 0 Å². The standard InChI is InChI=1S/C25H25ClF2N4O6S2.C24H23ClF2N4O6S2.C23H27N5O6S3/c1-12-16(23-17-5-14(26)2-3-19(17)25(27,28)10-37-23)7-21(39-12)22(34)18-8-30-11-31-24(18)32-15-4-13(20(33)6-15)9-38-40(29,35)36;25-14-1-2-18-16(5-14)22(36-10-24(18,26)27)13-4-20(38-9-13)21(33)17-7-29-11-30-23(17)31-15-3-12(19(32)6-15)8-37-39(28,34)35;1-11-15(22-20-18(3-4-33-22)36-12(2)27-20)7-19(35-11)21(30)16-8-25-10-26-23(16)28-14-5-13(17(29)6-14)9-34-37(24,31)32/h2-3,5,7-8,11,13,15,20,23,33H,4,6,9-10H2,1H3,(H2,29,35,36)(H,30,31,32);1-2,4-5,7,9,11-12,15,19,22,32H,3,6,8,10H2,(H2,28,34,35)(H,29,30,31);7-8,10,13-14,17,22,29H,3-6,9H2,1-2H3,(H2,24,31,32)(H,25,26,28)/t13-,15-,20+,23?;12-,15-,19+,22?;13-,14-,17+,22?/m111/s1. The third kappa shape index (κ3) is 20.5. The van der Waals surface area contributed by atoms with Crippen molar-refractivity contribution in [3.8, 4) is 0 Å². The molecule has 2 aromatic carbocycles. The maximum atomic E-state index is 14.5. The number of benzene rings is 2. The van der Waals surface area contributed by atoms with Gasteiger partial charge in [0.2, 0.25) is 17.3 Å². The number of hydrogen-bond acceptors (Lipinski definition) is 32. The van der Waals surface area contributed by atoms with Crippen molar-refractivity contribution in [3.63, 3.8) is 0 Å². The number of ketones is 3. The Morgan fingerprint density at radius 3 is 1.35 bits per heavy atom. The van der Waals surface area contributed by atoms with Crippen LogP contribution in [0.2, 0.25) is 10.0 Å². The summed E-state index contributed by atoms with van der Waals surface area (Å²) in [7, 11) is -12.4. The Bertz CT molecular complexity index is 5540. The number of aliphatic hydroxyl groups is 3. The zero-order valence-corrected chi connectivity index (χ0v) is 68.5. The van der Waals surface area contributed by atoms with Crippen molar-refractivity contribution >= 4 is 134 Å². The lowest BCUT2D eigenvalue weighted by Gasteiger charge is -2.32. The van der Waals surface area contributed by atoms with E-state index in [9.17, 15) is 72.5 Å². The van der Waals surface area contributed by atoms with E-state index in [2.05, 4.69) is 63.4 Å². The highest BCUT2D eigenvalue weighted by atomic mass is 35.5. The number of rotatable bonds is 24. The molecule has 0 amide bonds. The summed E-state index contributed by atoms with van der Waals surface area (Å²) in [5, 5.41) is 58.4. The summed E-state index contributed by atoms with van der Waals surface area (Å²) in [6.07, 6.45) is 6.50. The Hall–Kier alpha value is -7.51. The average molecular weight is 1780 g/mol. The fourth-order valence-corrected chi connectivity index (χ4v) is 20.0. The van der Waals surface area contributed by atoms with E-state index in [0.29, 0.717) is 84.4 Å². The van der Waals surface area contributed by atoms with Crippen LogP contribution in [0.25, 0.3) is 0 Å². The van der Waals surface area contributed by atoms with Gasteiger partial charge in [-0.2, -0.15) is 42.8 Å². The van der Waals surface area contributed by atoms with Crippen LogP contribution in [0.4, 0.5) is 35.0 Å². The molecule has 0 bridgehead atoms. The van der Waals surface area contributed by atoms with Crippen LogP contribution in [0.3, 0.4) is 0 Å². The number of fused-ring (bicyclic) bond motifs is 3. The SMILES string of the molecule is Cc1nc2c(s1)CCOC2c1cc(C(=O)c2cncnc2N[C@@H]2C[C@H](COS(N)(=O)=O)[C@@H](O)C2)sc1C.Cc1sc(C(=O)c2cncnc2N[C@@H]2C[C@H](COS(N)(=O)=O)[C@@H](O)C2)cc1C1OCC(F)(F)c2ccc(Cl)cc21.NS(=O)(=O)OC[C@H]1C[C@@H](Nc2ncncc2C(=O)c2cc(C3OCC(F)(F)c4ccc(Cl)cc43)cs2)C[C@@H]1O. The topological polar surface area (TPSA) is 474 Å². The van der Waals surface area contributed by atoms with Crippen molar-refractivity contribution in [3.05, 3.63) is 203 Å². The lowest BCUT2D eigenvalue weighted by Crippen LogP contribution is -2.31. The predicted molar refractivity (Wildman–Crippen MR) is 419 cm³/mol. The largest absolute Gasteiger partial charge is 0.393 e. The summed E-state index contributed by atoms with van der Waals surface area (Å²) in [5.41, 5.74) is 3.78. The summed E-state index contributed by atoms with van der Waals surface area (Å²) in [6, 6.07) is 12.5. The number of nitrogens with two attached hydrogens (primary N) is 3. The highest BCUT2D eigenvalue weighted by Gasteiger charge is 2.46. The highest BCUT2D eigenvalue weighted by molar-refractivity contribution is 7.84. The van der Waals surface area contributed by atoms with Gasteiger partial charge in [0.15, 0.2) is 0 Å². The van der Waals surface area contributed by atoms with Crippen molar-refractivity contribution in [2.75, 3.05) is 55.6 Å². The zero-order valence-electron chi connectivity index (χ0n) is 61.3. The minimum Gasteiger partial charge on any atom is -0.393 e. The Labute approximate surface area is 687 Å². The molecular weight excluding hydrogens is 1710 g/mol. The number of nitrogens with zero attached hydrogens (tertiary/aromatic N) is 7. The number of carbonyl (C=O) groups is 3. The third-order valence-corrected chi connectivity index (χ3v) is 26.2. The van der Waals surface area contributed by atoms with Gasteiger partial charge >= 0.3 is 30.9 Å². The number of anilines is 3. The first-order chi connectivity index (χ1) is 54.8. The quantitative estimate of drug-likeness (QED) is 0.0201. The molecule has 116 heavy (non-hydrogen) atoms. The second-order valence-electron chi connectivity index (χ2n) is 28.4. The molecule has 0 saturated heterocycles. The average Bonchev–Trinajstić information content (AvgIpc) is 1.31. The van der Waals surface area contributed by atoms with E-state index in [-0.39, 0.29) is 113 Å². The minimum absolute atomic E-state index is 0.166. The van der Waals surface area contributed by atoms with Gasteiger partial charge in [-0.05, 0) is 129 Å². The maximum absolute atomic E-state index is 14.5. The number of nitrogens with one attached hydrogen (secondary N) is 3. The van der Waals surface area contributed by atoms with Crippen LogP contribution in [0, 0.1) is 38.5 Å². The van der Waals surface area contributed by atoms with Gasteiger partial charge in [0.25, 0.3) is 11.8 Å². The summed E-state index contributed by atoms with van der Waals surface area (Å²) >= 11 is 17.6. The van der Waals surface area contributed by atoms with Gasteiger partial charge in [0.1, 0.15) is 68.0 Å². The molecule has 10 heterocycles. The lowest BCUT2D eigenvalue weighted by molar-refractivity contribution is -0.115. The first kappa shape index (κ1) is 86.3. The molecular formula is C72H75Cl2F4N13O18S7. The molecule has 44 heteroatoms. The van der Waals surface area contributed by atoms with Gasteiger partial charge in [-0.3, -0.25) is 26.9 Å². The molecule has 12 N–H and O–H groups in total. The fourth-order valence-electron chi connectivity index (χ4n) is 14.8. The molecule has 7 aromatic heterocycles. The van der Waals surface area contributed by atoms with Crippen molar-refractivity contribution in [2.45, 2.75) is 132 Å². The number of ether oxygens (including phenoxy) is 3. The van der Waals surface area contributed by atoms with Gasteiger partial charge in [-0.1, -0.05) is 35.3 Å². The zero-order chi connectivity index (χ0) is 83.1. The Kier molecular flexibility index (Phi) is 26.4. The summed E-state index contributed by atoms with van der Waals surface area (Å²) in [5.74, 6) is -7.90. The number of thiophene rings is 3. The fraction of sp³-hybridized carbons (Fsp3) is 0.417. The molecule has 31 nitrogen and oxygen atoms in total. The Balaban J connectivity index is 0.000000151. The number of carbonyl (C=O) groups excluding carboxylic acids is 3. The number of thiazole rings is 1. The maximum Gasteiger partial charge on any atom is 0.333 e. The van der Waals surface area contributed by atoms with Gasteiger partial charge in [-0.25, -0.2) is 50.3 Å². The van der Waals surface area contributed by atoms with Crippen LogP contribution >= 0.6 is 68.5 Å². The summed E-state index contributed by atoms with van der Waals surface area (Å²) < 4.78 is 156. The molecule has 620 valence electrons. The molecule has 3 aliphatic heterocycles. The second kappa shape index (κ2) is 35.4. The van der Waals surface area contributed by atoms with Crippen molar-refractivity contribution in [2.24, 2.45) is 33.2 Å². The van der Waals surface area contributed by atoms with Gasteiger partial charge in [-0.15, -0.1) is 45.3 Å². The Morgan fingerprint density at radius 1 is 0.534 bits per heavy atom. The molecule has 15 rings (SSSR count). The van der Waals surface area contributed by atoms with Crippen molar-refractivity contribution < 1.29 is 99.3 Å². The molecule has 3 unspecified atom stereocenters. The molecule has 3 aliphatic carbocycles. The van der Waals surface area contributed by atoms with Crippen LogP contribution in [0.15, 0.2) is 97.5 Å².